The van der Waals surface area contributed by atoms with Gasteiger partial charge in [0.05, 0.1) is 6.54 Å². The number of amides is 1. The zero-order valence-electron chi connectivity index (χ0n) is 12.4. The highest BCUT2D eigenvalue weighted by atomic mass is 16.6. The molecule has 2 rings (SSSR count). The number of nitrogens with zero attached hydrogens (tertiary/aromatic N) is 2. The normalized spacial score (nSPS) is 26.8. The second kappa shape index (κ2) is 5.42. The predicted molar refractivity (Wildman–Crippen MR) is 74.7 cm³/mol. The first kappa shape index (κ1) is 14.2. The maximum Gasteiger partial charge on any atom is 0.410 e. The molecule has 2 atom stereocenters. The van der Waals surface area contributed by atoms with E-state index in [1.165, 1.54) is 0 Å². The van der Waals surface area contributed by atoms with E-state index in [2.05, 4.69) is 16.7 Å². The zero-order valence-corrected chi connectivity index (χ0v) is 12.4. The molecule has 0 N–H and O–H groups in total. The number of fused-ring (bicyclic) bond motifs is 1. The Morgan fingerprint density at radius 2 is 2.11 bits per heavy atom. The third-order valence-corrected chi connectivity index (χ3v) is 3.77. The van der Waals surface area contributed by atoms with Crippen molar-refractivity contribution in [3.63, 3.8) is 0 Å². The first-order chi connectivity index (χ1) is 8.90. The van der Waals surface area contributed by atoms with Crippen molar-refractivity contribution < 1.29 is 9.53 Å². The molecule has 1 amide bonds. The van der Waals surface area contributed by atoms with Crippen LogP contribution in [0.5, 0.6) is 0 Å². The second-order valence-corrected chi connectivity index (χ2v) is 6.40. The van der Waals surface area contributed by atoms with Gasteiger partial charge < -0.3 is 9.64 Å². The number of ether oxygens (including phenoxy) is 1. The highest BCUT2D eigenvalue weighted by Gasteiger charge is 2.43. The number of carbonyl (C=O) groups is 1. The van der Waals surface area contributed by atoms with Crippen molar-refractivity contribution in [2.45, 2.75) is 45.8 Å². The van der Waals surface area contributed by atoms with Crippen molar-refractivity contribution in [2.24, 2.45) is 5.92 Å². The van der Waals surface area contributed by atoms with Crippen molar-refractivity contribution in [1.82, 2.24) is 9.80 Å². The van der Waals surface area contributed by atoms with Crippen molar-refractivity contribution in [2.75, 3.05) is 26.2 Å². The summed E-state index contributed by atoms with van der Waals surface area (Å²) in [5.41, 5.74) is -0.415. The van der Waals surface area contributed by atoms with Gasteiger partial charge in [0.1, 0.15) is 5.60 Å². The third-order valence-electron chi connectivity index (χ3n) is 3.77. The van der Waals surface area contributed by atoms with Crippen LogP contribution in [0.1, 0.15) is 34.1 Å². The van der Waals surface area contributed by atoms with Gasteiger partial charge in [-0.05, 0) is 46.6 Å². The van der Waals surface area contributed by atoms with E-state index >= 15 is 0 Å². The summed E-state index contributed by atoms with van der Waals surface area (Å²) >= 11 is 0. The SMILES string of the molecule is CC#CCN1CCC2CN(C(=O)OC(C)(C)C)CC21. The molecule has 4 nitrogen and oxygen atoms in total. The average Bonchev–Trinajstić information content (AvgIpc) is 2.84. The summed E-state index contributed by atoms with van der Waals surface area (Å²) in [6, 6.07) is 0.466. The molecule has 0 aromatic heterocycles. The van der Waals surface area contributed by atoms with Crippen LogP contribution in [-0.2, 0) is 4.74 Å². The first-order valence-electron chi connectivity index (χ1n) is 7.02. The summed E-state index contributed by atoms with van der Waals surface area (Å²) in [6.45, 7) is 11.1. The van der Waals surface area contributed by atoms with E-state index in [9.17, 15) is 4.79 Å². The van der Waals surface area contributed by atoms with Gasteiger partial charge in [-0.15, -0.1) is 5.92 Å². The Hall–Kier alpha value is -1.21. The van der Waals surface area contributed by atoms with Crippen LogP contribution in [0.25, 0.3) is 0 Å². The minimum atomic E-state index is -0.415. The Morgan fingerprint density at radius 1 is 1.37 bits per heavy atom. The molecule has 0 radical (unpaired) electrons. The van der Waals surface area contributed by atoms with E-state index in [1.54, 1.807) is 0 Å². The Morgan fingerprint density at radius 3 is 2.74 bits per heavy atom. The van der Waals surface area contributed by atoms with Crippen molar-refractivity contribution in [1.29, 1.82) is 0 Å². The molecule has 2 aliphatic rings. The average molecular weight is 264 g/mol. The highest BCUT2D eigenvalue weighted by molar-refractivity contribution is 5.68. The number of hydrogen-bond donors (Lipinski definition) is 0. The summed E-state index contributed by atoms with van der Waals surface area (Å²) in [7, 11) is 0. The molecule has 0 spiro atoms. The van der Waals surface area contributed by atoms with Gasteiger partial charge in [0.15, 0.2) is 0 Å². The molecule has 0 aromatic rings. The Bertz CT molecular complexity index is 403. The largest absolute Gasteiger partial charge is 0.444 e. The molecule has 106 valence electrons. The smallest absolute Gasteiger partial charge is 0.410 e. The van der Waals surface area contributed by atoms with Crippen LogP contribution in [0.15, 0.2) is 0 Å². The lowest BCUT2D eigenvalue weighted by molar-refractivity contribution is 0.0274. The van der Waals surface area contributed by atoms with Crippen LogP contribution < -0.4 is 0 Å². The summed E-state index contributed by atoms with van der Waals surface area (Å²) in [5.74, 6) is 6.66. The summed E-state index contributed by atoms with van der Waals surface area (Å²) in [6.07, 6.45) is 0.985. The van der Waals surface area contributed by atoms with Gasteiger partial charge in [-0.2, -0.15) is 0 Å². The molecular formula is C15H24N2O2. The van der Waals surface area contributed by atoms with E-state index in [0.717, 1.165) is 32.6 Å². The number of hydrogen-bond acceptors (Lipinski definition) is 3. The van der Waals surface area contributed by atoms with E-state index in [0.29, 0.717) is 12.0 Å². The van der Waals surface area contributed by atoms with Crippen LogP contribution in [0.4, 0.5) is 4.79 Å². The van der Waals surface area contributed by atoms with Crippen LogP contribution >= 0.6 is 0 Å². The first-order valence-corrected chi connectivity index (χ1v) is 7.02. The monoisotopic (exact) mass is 264 g/mol. The molecule has 2 saturated heterocycles. The molecule has 0 bridgehead atoms. The van der Waals surface area contributed by atoms with Gasteiger partial charge in [0.2, 0.25) is 0 Å². The van der Waals surface area contributed by atoms with Crippen molar-refractivity contribution in [3.05, 3.63) is 0 Å². The maximum atomic E-state index is 12.1. The van der Waals surface area contributed by atoms with Gasteiger partial charge in [-0.1, -0.05) is 5.92 Å². The Labute approximate surface area is 116 Å². The highest BCUT2D eigenvalue weighted by Crippen LogP contribution is 2.31. The maximum absolute atomic E-state index is 12.1. The molecule has 2 aliphatic heterocycles. The third kappa shape index (κ3) is 3.42. The Balaban J connectivity index is 1.92. The minimum absolute atomic E-state index is 0.177. The van der Waals surface area contributed by atoms with Gasteiger partial charge in [-0.25, -0.2) is 4.79 Å². The molecular weight excluding hydrogens is 240 g/mol. The standard InChI is InChI=1S/C15H24N2O2/c1-5-6-8-16-9-7-12-10-17(11-13(12)16)14(18)19-15(2,3)4/h12-13H,7-11H2,1-4H3. The molecule has 0 aliphatic carbocycles. The lowest BCUT2D eigenvalue weighted by atomic mass is 10.1. The molecule has 2 heterocycles. The quantitative estimate of drug-likeness (QED) is 0.679. The van der Waals surface area contributed by atoms with E-state index in [4.69, 9.17) is 4.74 Å². The summed E-state index contributed by atoms with van der Waals surface area (Å²) in [4.78, 5) is 16.3. The van der Waals surface area contributed by atoms with E-state index in [1.807, 2.05) is 32.6 Å². The second-order valence-electron chi connectivity index (χ2n) is 6.40. The van der Waals surface area contributed by atoms with Gasteiger partial charge >= 0.3 is 6.09 Å². The fraction of sp³-hybridized carbons (Fsp3) is 0.800. The van der Waals surface area contributed by atoms with E-state index < -0.39 is 5.60 Å². The fourth-order valence-corrected chi connectivity index (χ4v) is 2.90. The van der Waals surface area contributed by atoms with Crippen LogP contribution in [0.3, 0.4) is 0 Å². The molecule has 4 heteroatoms. The zero-order chi connectivity index (χ0) is 14.0. The number of likely N-dealkylation sites (tertiary alicyclic amines) is 2. The van der Waals surface area contributed by atoms with Gasteiger partial charge in [0, 0.05) is 19.1 Å². The summed E-state index contributed by atoms with van der Waals surface area (Å²) in [5, 5.41) is 0. The van der Waals surface area contributed by atoms with Crippen LogP contribution in [-0.4, -0.2) is 53.7 Å². The Kier molecular flexibility index (Phi) is 4.05. The van der Waals surface area contributed by atoms with Crippen molar-refractivity contribution in [3.8, 4) is 11.8 Å². The van der Waals surface area contributed by atoms with Gasteiger partial charge in [0.25, 0.3) is 0 Å². The van der Waals surface area contributed by atoms with Crippen LogP contribution in [0, 0.1) is 17.8 Å². The molecule has 0 saturated carbocycles. The number of rotatable bonds is 1. The lowest BCUT2D eigenvalue weighted by Gasteiger charge is -2.26. The lowest BCUT2D eigenvalue weighted by Crippen LogP contribution is -2.39. The van der Waals surface area contributed by atoms with E-state index in [-0.39, 0.29) is 6.09 Å². The molecule has 19 heavy (non-hydrogen) atoms. The molecule has 2 unspecified atom stereocenters. The minimum Gasteiger partial charge on any atom is -0.444 e. The van der Waals surface area contributed by atoms with Gasteiger partial charge in [-0.3, -0.25) is 4.90 Å². The molecule has 2 fully saturated rings. The molecule has 0 aromatic carbocycles. The fourth-order valence-electron chi connectivity index (χ4n) is 2.90. The topological polar surface area (TPSA) is 32.8 Å². The van der Waals surface area contributed by atoms with Crippen LogP contribution in [0.2, 0.25) is 0 Å². The van der Waals surface area contributed by atoms with Crippen molar-refractivity contribution >= 4 is 6.09 Å². The number of carbonyl (C=O) groups excluding carboxylic acids is 1. The summed E-state index contributed by atoms with van der Waals surface area (Å²) < 4.78 is 5.44. The predicted octanol–water partition coefficient (Wildman–Crippen LogP) is 1.95.